The molecule has 2 atom stereocenters. The number of hydrogen-bond donors (Lipinski definition) is 3. The number of nitrogens with one attached hydrogen (secondary N) is 2. The van der Waals surface area contributed by atoms with Gasteiger partial charge in [0.15, 0.2) is 0 Å². The predicted molar refractivity (Wildman–Crippen MR) is 74.0 cm³/mol. The van der Waals surface area contributed by atoms with Crippen molar-refractivity contribution in [2.75, 3.05) is 7.05 Å². The second-order valence-corrected chi connectivity index (χ2v) is 7.75. The Kier molecular flexibility index (Phi) is 2.47. The second kappa shape index (κ2) is 3.62. The Balaban J connectivity index is 1.89. The monoisotopic (exact) mass is 250 g/mol. The minimum absolute atomic E-state index is 0.226. The van der Waals surface area contributed by atoms with Gasteiger partial charge in [0.2, 0.25) is 5.96 Å². The standard InChI is InChI=1S/C14H26N4/c1-12-4-10-5-13(2,7-12)9-14(6-10,8-12)17-11(16-3)18-15/h10H,4-9,15H2,1-3H3,(H2,16,17,18). The van der Waals surface area contributed by atoms with E-state index in [0.29, 0.717) is 10.8 Å². The first kappa shape index (κ1) is 12.3. The van der Waals surface area contributed by atoms with E-state index < -0.39 is 0 Å². The van der Waals surface area contributed by atoms with Crippen LogP contribution in [0.4, 0.5) is 0 Å². The van der Waals surface area contributed by atoms with E-state index in [-0.39, 0.29) is 5.54 Å². The van der Waals surface area contributed by atoms with Crippen LogP contribution in [-0.2, 0) is 0 Å². The third-order valence-electron chi connectivity index (χ3n) is 5.37. The molecule has 0 aromatic heterocycles. The van der Waals surface area contributed by atoms with E-state index in [9.17, 15) is 0 Å². The van der Waals surface area contributed by atoms with Crippen LogP contribution in [0.2, 0.25) is 0 Å². The van der Waals surface area contributed by atoms with Crippen molar-refractivity contribution in [1.29, 1.82) is 0 Å². The van der Waals surface area contributed by atoms with Crippen LogP contribution in [0.1, 0.15) is 52.4 Å². The summed E-state index contributed by atoms with van der Waals surface area (Å²) < 4.78 is 0. The minimum Gasteiger partial charge on any atom is -0.350 e. The van der Waals surface area contributed by atoms with Crippen molar-refractivity contribution >= 4 is 5.96 Å². The molecule has 0 saturated heterocycles. The number of hydrogen-bond acceptors (Lipinski definition) is 2. The number of rotatable bonds is 1. The van der Waals surface area contributed by atoms with Gasteiger partial charge in [0, 0.05) is 12.6 Å². The van der Waals surface area contributed by atoms with Crippen LogP contribution < -0.4 is 16.6 Å². The summed E-state index contributed by atoms with van der Waals surface area (Å²) in [5, 5.41) is 3.63. The highest BCUT2D eigenvalue weighted by Crippen LogP contribution is 2.66. The van der Waals surface area contributed by atoms with Crippen LogP contribution >= 0.6 is 0 Å². The van der Waals surface area contributed by atoms with Gasteiger partial charge >= 0.3 is 0 Å². The number of nitrogens with zero attached hydrogens (tertiary/aromatic N) is 1. The van der Waals surface area contributed by atoms with Crippen molar-refractivity contribution in [2.24, 2.45) is 27.6 Å². The molecule has 0 aromatic rings. The maximum atomic E-state index is 5.54. The number of guanidine groups is 1. The van der Waals surface area contributed by atoms with Crippen molar-refractivity contribution in [3.63, 3.8) is 0 Å². The van der Waals surface area contributed by atoms with Gasteiger partial charge in [0.05, 0.1) is 0 Å². The summed E-state index contributed by atoms with van der Waals surface area (Å²) in [5.41, 5.74) is 3.96. The van der Waals surface area contributed by atoms with E-state index in [1.165, 1.54) is 38.5 Å². The summed E-state index contributed by atoms with van der Waals surface area (Å²) in [6, 6.07) is 0. The maximum absolute atomic E-state index is 5.54. The van der Waals surface area contributed by atoms with Crippen molar-refractivity contribution < 1.29 is 0 Å². The quantitative estimate of drug-likeness (QED) is 0.288. The van der Waals surface area contributed by atoms with Crippen LogP contribution in [-0.4, -0.2) is 18.5 Å². The Hall–Kier alpha value is -0.770. The molecule has 0 spiro atoms. The largest absolute Gasteiger partial charge is 0.350 e. The Bertz CT molecular complexity index is 371. The van der Waals surface area contributed by atoms with E-state index in [1.54, 1.807) is 7.05 Å². The van der Waals surface area contributed by atoms with Gasteiger partial charge in [-0.1, -0.05) is 13.8 Å². The summed E-state index contributed by atoms with van der Waals surface area (Å²) in [6.45, 7) is 4.95. The molecule has 18 heavy (non-hydrogen) atoms. The number of nitrogens with two attached hydrogens (primary N) is 1. The lowest BCUT2D eigenvalue weighted by Gasteiger charge is -2.65. The van der Waals surface area contributed by atoms with Crippen molar-refractivity contribution in [1.82, 2.24) is 10.7 Å². The number of hydrazine groups is 1. The van der Waals surface area contributed by atoms with Gasteiger partial charge in [0.25, 0.3) is 0 Å². The van der Waals surface area contributed by atoms with Gasteiger partial charge in [-0.2, -0.15) is 0 Å². The number of aliphatic imine (C=N–C) groups is 1. The third kappa shape index (κ3) is 1.81. The highest BCUT2D eigenvalue weighted by molar-refractivity contribution is 5.79. The van der Waals surface area contributed by atoms with E-state index in [2.05, 4.69) is 29.6 Å². The van der Waals surface area contributed by atoms with Gasteiger partial charge in [-0.05, 0) is 55.3 Å². The van der Waals surface area contributed by atoms with Crippen LogP contribution in [0, 0.1) is 16.7 Å². The predicted octanol–water partition coefficient (Wildman–Crippen LogP) is 1.77. The van der Waals surface area contributed by atoms with Gasteiger partial charge in [0.1, 0.15) is 0 Å². The Labute approximate surface area is 110 Å². The fraction of sp³-hybridized carbons (Fsp3) is 0.929. The average Bonchev–Trinajstić information content (AvgIpc) is 2.20. The normalized spacial score (nSPS) is 50.4. The van der Waals surface area contributed by atoms with Crippen LogP contribution in [0.25, 0.3) is 0 Å². The Morgan fingerprint density at radius 3 is 2.17 bits per heavy atom. The molecule has 0 aliphatic heterocycles. The first-order valence-electron chi connectivity index (χ1n) is 7.12. The fourth-order valence-corrected chi connectivity index (χ4v) is 5.99. The molecule has 0 aromatic carbocycles. The van der Waals surface area contributed by atoms with E-state index >= 15 is 0 Å². The third-order valence-corrected chi connectivity index (χ3v) is 5.37. The molecule has 4 heteroatoms. The van der Waals surface area contributed by atoms with Crippen LogP contribution in [0.5, 0.6) is 0 Å². The average molecular weight is 250 g/mol. The molecule has 4 aliphatic rings. The Morgan fingerprint density at radius 2 is 1.72 bits per heavy atom. The molecule has 4 N–H and O–H groups in total. The molecule has 4 nitrogen and oxygen atoms in total. The topological polar surface area (TPSA) is 62.4 Å². The highest BCUT2D eigenvalue weighted by atomic mass is 15.3. The van der Waals surface area contributed by atoms with Gasteiger partial charge < -0.3 is 5.32 Å². The lowest BCUT2D eigenvalue weighted by molar-refractivity contribution is -0.112. The summed E-state index contributed by atoms with van der Waals surface area (Å²) in [4.78, 5) is 4.20. The fourth-order valence-electron chi connectivity index (χ4n) is 5.99. The first-order valence-corrected chi connectivity index (χ1v) is 7.12. The van der Waals surface area contributed by atoms with Crippen molar-refractivity contribution in [3.8, 4) is 0 Å². The summed E-state index contributed by atoms with van der Waals surface area (Å²) >= 11 is 0. The second-order valence-electron chi connectivity index (χ2n) is 7.75. The SMILES string of the molecule is CN=C(NN)NC12CC3CC(C)(CC(C)(C3)C1)C2. The molecular formula is C14H26N4. The molecule has 0 heterocycles. The maximum Gasteiger partial charge on any atom is 0.205 e. The molecule has 4 fully saturated rings. The molecule has 0 amide bonds. The molecule has 4 saturated carbocycles. The first-order chi connectivity index (χ1) is 8.40. The van der Waals surface area contributed by atoms with E-state index in [4.69, 9.17) is 5.84 Å². The van der Waals surface area contributed by atoms with Crippen molar-refractivity contribution in [2.45, 2.75) is 57.9 Å². The smallest absolute Gasteiger partial charge is 0.205 e. The summed E-state index contributed by atoms with van der Waals surface area (Å²) in [5.74, 6) is 7.16. The highest BCUT2D eigenvalue weighted by Gasteiger charge is 2.60. The molecule has 4 aliphatic carbocycles. The molecule has 2 unspecified atom stereocenters. The summed E-state index contributed by atoms with van der Waals surface area (Å²) in [6.07, 6.45) is 8.06. The van der Waals surface area contributed by atoms with Gasteiger partial charge in [-0.3, -0.25) is 10.4 Å². The molecule has 4 rings (SSSR count). The van der Waals surface area contributed by atoms with Crippen LogP contribution in [0.15, 0.2) is 4.99 Å². The van der Waals surface area contributed by atoms with Gasteiger partial charge in [-0.15, -0.1) is 0 Å². The molecular weight excluding hydrogens is 224 g/mol. The van der Waals surface area contributed by atoms with Crippen LogP contribution in [0.3, 0.4) is 0 Å². The zero-order valence-electron chi connectivity index (χ0n) is 11.8. The molecule has 0 radical (unpaired) electrons. The summed E-state index contributed by atoms with van der Waals surface area (Å²) in [7, 11) is 1.78. The minimum atomic E-state index is 0.226. The Morgan fingerprint density at radius 1 is 1.11 bits per heavy atom. The molecule has 102 valence electrons. The van der Waals surface area contributed by atoms with E-state index in [1.807, 2.05) is 0 Å². The zero-order chi connectivity index (χ0) is 13.0. The van der Waals surface area contributed by atoms with Gasteiger partial charge in [-0.25, -0.2) is 5.84 Å². The lowest BCUT2D eigenvalue weighted by Crippen LogP contribution is -2.66. The van der Waals surface area contributed by atoms with Crippen molar-refractivity contribution in [3.05, 3.63) is 0 Å². The lowest BCUT2D eigenvalue weighted by atomic mass is 9.43. The molecule has 4 bridgehead atoms. The van der Waals surface area contributed by atoms with E-state index in [0.717, 1.165) is 11.9 Å². The zero-order valence-corrected chi connectivity index (χ0v) is 11.8.